The molecule has 0 saturated heterocycles. The van der Waals surface area contributed by atoms with Crippen molar-refractivity contribution in [3.05, 3.63) is 26.1 Å². The summed E-state index contributed by atoms with van der Waals surface area (Å²) >= 11 is 3.28. The minimum Gasteiger partial charge on any atom is -0.309 e. The van der Waals surface area contributed by atoms with Gasteiger partial charge in [-0.3, -0.25) is 0 Å². The Labute approximate surface area is 122 Å². The molecule has 0 aliphatic rings. The topological polar surface area (TPSA) is 50.7 Å². The van der Waals surface area contributed by atoms with Crippen LogP contribution in [0.2, 0.25) is 0 Å². The summed E-state index contributed by atoms with van der Waals surface area (Å²) in [6.45, 7) is 9.41. The number of thiazole rings is 1. The Morgan fingerprint density at radius 1 is 1.21 bits per heavy atom. The Kier molecular flexibility index (Phi) is 5.01. The van der Waals surface area contributed by atoms with E-state index in [4.69, 9.17) is 0 Å². The van der Waals surface area contributed by atoms with Gasteiger partial charge in [-0.2, -0.15) is 0 Å². The van der Waals surface area contributed by atoms with Gasteiger partial charge in [0, 0.05) is 11.3 Å². The maximum absolute atomic E-state index is 4.64. The van der Waals surface area contributed by atoms with E-state index >= 15 is 0 Å². The third-order valence-electron chi connectivity index (χ3n) is 3.10. The van der Waals surface area contributed by atoms with Crippen LogP contribution in [0.4, 0.5) is 0 Å². The lowest BCUT2D eigenvalue weighted by molar-refractivity contribution is 0.532. The second kappa shape index (κ2) is 6.54. The van der Waals surface area contributed by atoms with E-state index in [2.05, 4.69) is 40.7 Å². The minimum atomic E-state index is 0.282. The van der Waals surface area contributed by atoms with Crippen LogP contribution in [0, 0.1) is 20.8 Å². The molecule has 0 saturated carbocycles. The molecule has 104 valence electrons. The van der Waals surface area contributed by atoms with Crippen LogP contribution >= 0.6 is 22.9 Å². The Bertz CT molecular complexity index is 513. The highest BCUT2D eigenvalue weighted by molar-refractivity contribution is 7.11. The van der Waals surface area contributed by atoms with Gasteiger partial charge >= 0.3 is 0 Å². The van der Waals surface area contributed by atoms with E-state index in [1.54, 1.807) is 11.3 Å². The van der Waals surface area contributed by atoms with E-state index in [9.17, 15) is 0 Å². The molecule has 2 aromatic heterocycles. The van der Waals surface area contributed by atoms with Crippen molar-refractivity contribution in [3.63, 3.8) is 0 Å². The number of nitrogens with zero attached hydrogens (tertiary/aromatic N) is 3. The van der Waals surface area contributed by atoms with Gasteiger partial charge in [0.2, 0.25) is 0 Å². The van der Waals surface area contributed by atoms with Crippen LogP contribution in [0.25, 0.3) is 0 Å². The molecule has 4 nitrogen and oxygen atoms in total. The molecule has 1 atom stereocenters. The monoisotopic (exact) mass is 296 g/mol. The molecule has 1 unspecified atom stereocenters. The number of hydrogen-bond donors (Lipinski definition) is 1. The predicted molar refractivity (Wildman–Crippen MR) is 81.0 cm³/mol. The van der Waals surface area contributed by atoms with Gasteiger partial charge in [-0.15, -0.1) is 16.4 Å². The van der Waals surface area contributed by atoms with Crippen molar-refractivity contribution in [2.24, 2.45) is 0 Å². The molecule has 0 aromatic carbocycles. The van der Waals surface area contributed by atoms with Crippen LogP contribution in [0.15, 0.2) is 0 Å². The van der Waals surface area contributed by atoms with Crippen molar-refractivity contribution >= 4 is 22.9 Å². The highest BCUT2D eigenvalue weighted by Crippen LogP contribution is 2.26. The molecule has 0 spiro atoms. The van der Waals surface area contributed by atoms with Crippen LogP contribution < -0.4 is 5.32 Å². The Morgan fingerprint density at radius 2 is 2.00 bits per heavy atom. The molecule has 0 fully saturated rings. The van der Waals surface area contributed by atoms with Crippen LogP contribution in [0.1, 0.15) is 45.5 Å². The summed E-state index contributed by atoms with van der Waals surface area (Å²) in [7, 11) is 0. The summed E-state index contributed by atoms with van der Waals surface area (Å²) < 4.78 is 4.05. The van der Waals surface area contributed by atoms with Crippen molar-refractivity contribution < 1.29 is 0 Å². The lowest BCUT2D eigenvalue weighted by Crippen LogP contribution is -2.24. The molecule has 1 N–H and O–H groups in total. The summed E-state index contributed by atoms with van der Waals surface area (Å²) in [5, 5.41) is 8.90. The van der Waals surface area contributed by atoms with Gasteiger partial charge in [0.15, 0.2) is 0 Å². The Hall–Kier alpha value is -0.850. The molecule has 0 amide bonds. The molecule has 0 aliphatic heterocycles. The first-order chi connectivity index (χ1) is 9.11. The number of hydrogen-bond acceptors (Lipinski definition) is 6. The molecule has 0 radical (unpaired) electrons. The van der Waals surface area contributed by atoms with Crippen LogP contribution in [-0.2, 0) is 6.42 Å². The van der Waals surface area contributed by atoms with E-state index in [0.29, 0.717) is 0 Å². The molecule has 6 heteroatoms. The van der Waals surface area contributed by atoms with Gasteiger partial charge < -0.3 is 5.32 Å². The number of nitrogens with one attached hydrogen (secondary N) is 1. The smallest absolute Gasteiger partial charge is 0.0950 e. The molecular formula is C13H20N4S2. The molecular weight excluding hydrogens is 276 g/mol. The van der Waals surface area contributed by atoms with Crippen molar-refractivity contribution in [1.82, 2.24) is 19.9 Å². The maximum atomic E-state index is 4.64. The second-order valence-electron chi connectivity index (χ2n) is 4.68. The Balaban J connectivity index is 2.16. The third-order valence-corrected chi connectivity index (χ3v) is 5.13. The van der Waals surface area contributed by atoms with Gasteiger partial charge in [-0.1, -0.05) is 11.4 Å². The number of rotatable bonds is 6. The van der Waals surface area contributed by atoms with E-state index < -0.39 is 0 Å². The first-order valence-electron chi connectivity index (χ1n) is 6.57. The molecule has 0 bridgehead atoms. The summed E-state index contributed by atoms with van der Waals surface area (Å²) in [6, 6.07) is 0.282. The van der Waals surface area contributed by atoms with E-state index in [-0.39, 0.29) is 6.04 Å². The van der Waals surface area contributed by atoms with Crippen molar-refractivity contribution in [1.29, 1.82) is 0 Å². The molecule has 2 heterocycles. The van der Waals surface area contributed by atoms with Crippen molar-refractivity contribution in [2.45, 2.75) is 46.6 Å². The lowest BCUT2D eigenvalue weighted by atomic mass is 10.1. The average Bonchev–Trinajstić information content (AvgIpc) is 2.92. The standard InChI is InChI=1S/C13H20N4S2/c1-5-6-14-11(13-9(3)16-17-19-13)7-12-15-8(2)10(4)18-12/h11,14H,5-7H2,1-4H3. The highest BCUT2D eigenvalue weighted by Gasteiger charge is 2.19. The predicted octanol–water partition coefficient (Wildman–Crippen LogP) is 3.20. The summed E-state index contributed by atoms with van der Waals surface area (Å²) in [5.74, 6) is 0. The molecule has 2 aromatic rings. The van der Waals surface area contributed by atoms with Crippen molar-refractivity contribution in [2.75, 3.05) is 6.54 Å². The zero-order valence-corrected chi connectivity index (χ0v) is 13.5. The molecule has 0 aliphatic carbocycles. The summed E-state index contributed by atoms with van der Waals surface area (Å²) in [6.07, 6.45) is 2.04. The fraction of sp³-hybridized carbons (Fsp3) is 0.615. The van der Waals surface area contributed by atoms with Crippen LogP contribution in [0.3, 0.4) is 0 Å². The van der Waals surface area contributed by atoms with Gasteiger partial charge in [-0.25, -0.2) is 4.98 Å². The fourth-order valence-corrected chi connectivity index (χ4v) is 3.63. The SMILES string of the molecule is CCCNC(Cc1nc(C)c(C)s1)c1snnc1C. The van der Waals surface area contributed by atoms with E-state index in [0.717, 1.165) is 30.8 Å². The van der Waals surface area contributed by atoms with Gasteiger partial charge in [-0.05, 0) is 45.3 Å². The zero-order valence-electron chi connectivity index (χ0n) is 11.9. The normalized spacial score (nSPS) is 12.8. The molecule has 19 heavy (non-hydrogen) atoms. The van der Waals surface area contributed by atoms with E-state index in [1.165, 1.54) is 26.3 Å². The fourth-order valence-electron chi connectivity index (χ4n) is 1.93. The van der Waals surface area contributed by atoms with Crippen LogP contribution in [-0.4, -0.2) is 21.1 Å². The van der Waals surface area contributed by atoms with Crippen LogP contribution in [0.5, 0.6) is 0 Å². The average molecular weight is 296 g/mol. The first-order valence-corrected chi connectivity index (χ1v) is 8.16. The third kappa shape index (κ3) is 3.58. The van der Waals surface area contributed by atoms with E-state index in [1.807, 2.05) is 6.92 Å². The number of aryl methyl sites for hydroxylation is 3. The highest BCUT2D eigenvalue weighted by atomic mass is 32.1. The first kappa shape index (κ1) is 14.6. The quantitative estimate of drug-likeness (QED) is 0.889. The molecule has 2 rings (SSSR count). The largest absolute Gasteiger partial charge is 0.309 e. The summed E-state index contributed by atoms with van der Waals surface area (Å²) in [5.41, 5.74) is 2.18. The van der Waals surface area contributed by atoms with Crippen molar-refractivity contribution in [3.8, 4) is 0 Å². The second-order valence-corrected chi connectivity index (χ2v) is 6.76. The zero-order chi connectivity index (χ0) is 13.8. The van der Waals surface area contributed by atoms with Gasteiger partial charge in [0.1, 0.15) is 0 Å². The summed E-state index contributed by atoms with van der Waals surface area (Å²) in [4.78, 5) is 7.18. The van der Waals surface area contributed by atoms with Gasteiger partial charge in [0.25, 0.3) is 0 Å². The number of aromatic nitrogens is 3. The maximum Gasteiger partial charge on any atom is 0.0950 e. The Morgan fingerprint density at radius 3 is 2.53 bits per heavy atom. The minimum absolute atomic E-state index is 0.282. The lowest BCUT2D eigenvalue weighted by Gasteiger charge is -2.15. The van der Waals surface area contributed by atoms with Gasteiger partial charge in [0.05, 0.1) is 27.3 Å².